The van der Waals surface area contributed by atoms with E-state index < -0.39 is 13.9 Å². The summed E-state index contributed by atoms with van der Waals surface area (Å²) in [7, 11) is -1.54. The minimum atomic E-state index is -1.54. The van der Waals surface area contributed by atoms with Crippen LogP contribution in [0.3, 0.4) is 0 Å². The van der Waals surface area contributed by atoms with Crippen molar-refractivity contribution in [2.45, 2.75) is 12.8 Å². The summed E-state index contributed by atoms with van der Waals surface area (Å²) in [6.07, 6.45) is 0. The molecule has 0 spiro atoms. The van der Waals surface area contributed by atoms with E-state index in [1.54, 1.807) is 6.66 Å². The molecular weight excluding hydrogens is 151 g/mol. The third kappa shape index (κ3) is 1.99. The van der Waals surface area contributed by atoms with Gasteiger partial charge in [-0.2, -0.15) is 0 Å². The van der Waals surface area contributed by atoms with Gasteiger partial charge in [0.1, 0.15) is 0 Å². The van der Waals surface area contributed by atoms with Crippen LogP contribution in [-0.4, -0.2) is 25.6 Å². The highest BCUT2D eigenvalue weighted by Crippen LogP contribution is 2.23. The maximum Gasteiger partial charge on any atom is 0.508 e. The molecule has 0 aromatic heterocycles. The highest BCUT2D eigenvalue weighted by Gasteiger charge is 2.35. The minimum absolute atomic E-state index is 0.567. The van der Waals surface area contributed by atoms with Gasteiger partial charge in [-0.15, -0.1) is 4.52 Å². The van der Waals surface area contributed by atoms with Crippen LogP contribution in [0.5, 0.6) is 0 Å². The molecule has 0 radical (unpaired) electrons. The lowest BCUT2D eigenvalue weighted by Crippen LogP contribution is -2.46. The van der Waals surface area contributed by atoms with Gasteiger partial charge in [-0.05, 0) is 11.5 Å². The number of hydrogen-bond acceptors (Lipinski definition) is 4. The summed E-state index contributed by atoms with van der Waals surface area (Å²) in [6, 6.07) is 0. The molecule has 1 heterocycles. The molecule has 0 saturated carbocycles. The Morgan fingerprint density at radius 3 is 2.40 bits per heavy atom. The Morgan fingerprint density at radius 2 is 2.00 bits per heavy atom. The fraction of sp³-hybridized carbons (Fsp3) is 1.00. The second-order valence-corrected chi connectivity index (χ2v) is 3.48. The Balaban J connectivity index is 2.43. The van der Waals surface area contributed by atoms with E-state index in [-0.39, 0.29) is 0 Å². The molecule has 0 bridgehead atoms. The molecule has 1 fully saturated rings. The van der Waals surface area contributed by atoms with Gasteiger partial charge in [0.15, 0.2) is 6.66 Å². The summed E-state index contributed by atoms with van der Waals surface area (Å²) in [5.41, 5.74) is 0. The fourth-order valence-corrected chi connectivity index (χ4v) is 1.63. The number of rotatable bonds is 2. The van der Waals surface area contributed by atoms with E-state index in [1.165, 1.54) is 0 Å². The van der Waals surface area contributed by atoms with E-state index in [9.17, 15) is 4.57 Å². The Morgan fingerprint density at radius 1 is 1.50 bits per heavy atom. The van der Waals surface area contributed by atoms with Crippen LogP contribution in [0.15, 0.2) is 0 Å². The van der Waals surface area contributed by atoms with E-state index in [0.717, 1.165) is 13.1 Å². The molecule has 0 aliphatic carbocycles. The lowest BCUT2D eigenvalue weighted by Gasteiger charge is -2.16. The second-order valence-electron chi connectivity index (χ2n) is 2.42. The first-order valence-corrected chi connectivity index (χ1v) is 4.85. The first-order chi connectivity index (χ1) is 4.62. The van der Waals surface area contributed by atoms with Crippen LogP contribution in [-0.2, 0) is 9.09 Å². The SMILES string of the molecule is C[P+](=O)OC1(C)NCCN1. The van der Waals surface area contributed by atoms with Gasteiger partial charge in [0.2, 0.25) is 5.85 Å². The molecular formula is C5H12N2O2P+. The lowest BCUT2D eigenvalue weighted by atomic mass is 10.5. The summed E-state index contributed by atoms with van der Waals surface area (Å²) < 4.78 is 15.7. The fourth-order valence-electron chi connectivity index (χ4n) is 0.986. The Bertz CT molecular complexity index is 145. The molecule has 0 aromatic rings. The first kappa shape index (κ1) is 8.08. The maximum atomic E-state index is 10.7. The molecule has 1 saturated heterocycles. The van der Waals surface area contributed by atoms with Crippen LogP contribution >= 0.6 is 8.03 Å². The van der Waals surface area contributed by atoms with Crippen molar-refractivity contribution in [3.63, 3.8) is 0 Å². The molecule has 5 heteroatoms. The molecule has 4 nitrogen and oxygen atoms in total. The van der Waals surface area contributed by atoms with Gasteiger partial charge in [-0.1, -0.05) is 0 Å². The van der Waals surface area contributed by atoms with E-state index in [0.29, 0.717) is 0 Å². The Hall–Kier alpha value is -0.0200. The maximum absolute atomic E-state index is 10.7. The highest BCUT2D eigenvalue weighted by atomic mass is 31.1. The van der Waals surface area contributed by atoms with Crippen molar-refractivity contribution in [2.75, 3.05) is 19.8 Å². The quantitative estimate of drug-likeness (QED) is 0.572. The summed E-state index contributed by atoms with van der Waals surface area (Å²) in [4.78, 5) is 0. The third-order valence-corrected chi connectivity index (χ3v) is 1.98. The van der Waals surface area contributed by atoms with Crippen molar-refractivity contribution in [3.8, 4) is 0 Å². The summed E-state index contributed by atoms with van der Waals surface area (Å²) in [6.45, 7) is 5.10. The molecule has 1 atom stereocenters. The lowest BCUT2D eigenvalue weighted by molar-refractivity contribution is 0.0611. The molecule has 58 valence electrons. The van der Waals surface area contributed by atoms with Gasteiger partial charge in [0.05, 0.1) is 0 Å². The van der Waals surface area contributed by atoms with Crippen molar-refractivity contribution < 1.29 is 9.09 Å². The minimum Gasteiger partial charge on any atom is -0.272 e. The highest BCUT2D eigenvalue weighted by molar-refractivity contribution is 7.38. The predicted molar refractivity (Wildman–Crippen MR) is 39.0 cm³/mol. The van der Waals surface area contributed by atoms with Gasteiger partial charge in [-0.25, -0.2) is 0 Å². The monoisotopic (exact) mass is 163 g/mol. The van der Waals surface area contributed by atoms with Crippen molar-refractivity contribution in [1.82, 2.24) is 10.6 Å². The zero-order chi connectivity index (χ0) is 7.61. The zero-order valence-electron chi connectivity index (χ0n) is 6.18. The number of hydrogen-bond donors (Lipinski definition) is 2. The molecule has 2 N–H and O–H groups in total. The molecule has 0 amide bonds. The van der Waals surface area contributed by atoms with Gasteiger partial charge < -0.3 is 0 Å². The second kappa shape index (κ2) is 2.93. The number of nitrogens with one attached hydrogen (secondary N) is 2. The third-order valence-electron chi connectivity index (χ3n) is 1.36. The van der Waals surface area contributed by atoms with Crippen LogP contribution in [0.1, 0.15) is 6.92 Å². The van der Waals surface area contributed by atoms with Gasteiger partial charge in [0, 0.05) is 13.1 Å². The average molecular weight is 163 g/mol. The zero-order valence-corrected chi connectivity index (χ0v) is 7.07. The summed E-state index contributed by atoms with van der Waals surface area (Å²) in [5.74, 6) is -0.567. The largest absolute Gasteiger partial charge is 0.508 e. The molecule has 1 aliphatic rings. The van der Waals surface area contributed by atoms with E-state index in [1.807, 2.05) is 6.92 Å². The molecule has 1 rings (SSSR count). The van der Waals surface area contributed by atoms with Crippen molar-refractivity contribution in [3.05, 3.63) is 0 Å². The topological polar surface area (TPSA) is 50.4 Å². The van der Waals surface area contributed by atoms with E-state index in [4.69, 9.17) is 4.52 Å². The van der Waals surface area contributed by atoms with Crippen LogP contribution in [0, 0.1) is 0 Å². The molecule has 1 unspecified atom stereocenters. The predicted octanol–water partition coefficient (Wildman–Crippen LogP) is 0.242. The van der Waals surface area contributed by atoms with Crippen LogP contribution in [0.25, 0.3) is 0 Å². The molecule has 1 aliphatic heterocycles. The first-order valence-electron chi connectivity index (χ1n) is 3.22. The van der Waals surface area contributed by atoms with Gasteiger partial charge >= 0.3 is 8.03 Å². The van der Waals surface area contributed by atoms with Gasteiger partial charge in [0.25, 0.3) is 0 Å². The Labute approximate surface area is 61.2 Å². The normalized spacial score (nSPS) is 24.8. The smallest absolute Gasteiger partial charge is 0.272 e. The van der Waals surface area contributed by atoms with E-state index in [2.05, 4.69) is 10.6 Å². The van der Waals surface area contributed by atoms with Crippen molar-refractivity contribution in [1.29, 1.82) is 0 Å². The van der Waals surface area contributed by atoms with Crippen molar-refractivity contribution in [2.24, 2.45) is 0 Å². The van der Waals surface area contributed by atoms with Crippen LogP contribution < -0.4 is 10.6 Å². The van der Waals surface area contributed by atoms with E-state index >= 15 is 0 Å². The van der Waals surface area contributed by atoms with Gasteiger partial charge in [-0.3, -0.25) is 10.6 Å². The van der Waals surface area contributed by atoms with Crippen LogP contribution in [0.4, 0.5) is 0 Å². The Kier molecular flexibility index (Phi) is 2.36. The standard InChI is InChI=1S/C5H12N2O2P/c1-5(9-10(2)8)6-3-4-7-5/h6-7H,3-4H2,1-2H3/q+1. The molecule has 0 aromatic carbocycles. The average Bonchev–Trinajstić information content (AvgIpc) is 2.12. The van der Waals surface area contributed by atoms with Crippen molar-refractivity contribution >= 4 is 8.03 Å². The van der Waals surface area contributed by atoms with Crippen LogP contribution in [0.2, 0.25) is 0 Å². The summed E-state index contributed by atoms with van der Waals surface area (Å²) >= 11 is 0. The summed E-state index contributed by atoms with van der Waals surface area (Å²) in [5, 5.41) is 6.09. The molecule has 10 heavy (non-hydrogen) atoms.